The van der Waals surface area contributed by atoms with E-state index in [-0.39, 0.29) is 12.1 Å². The van der Waals surface area contributed by atoms with Crippen molar-refractivity contribution in [1.29, 1.82) is 0 Å². The molecule has 2 N–H and O–H groups in total. The summed E-state index contributed by atoms with van der Waals surface area (Å²) in [5.74, 6) is 0.428. The van der Waals surface area contributed by atoms with Crippen LogP contribution in [0, 0.1) is 11.6 Å². The molecule has 1 aromatic heterocycles. The number of anilines is 1. The zero-order valence-corrected chi connectivity index (χ0v) is 16.1. The zero-order chi connectivity index (χ0) is 20.1. The lowest BCUT2D eigenvalue weighted by molar-refractivity contribution is 0.581. The number of para-hydroxylation sites is 1. The molecule has 146 valence electrons. The van der Waals surface area contributed by atoms with Crippen LogP contribution in [0.1, 0.15) is 11.1 Å². The molecule has 0 bridgehead atoms. The number of nitrogens with one attached hydrogen (secondary N) is 2. The number of hydrogen-bond donors (Lipinski definition) is 2. The molecular formula is C21H23F2N5. The Balaban J connectivity index is 1.74. The lowest BCUT2D eigenvalue weighted by atomic mass is 10.1. The van der Waals surface area contributed by atoms with Crippen LogP contribution in [-0.4, -0.2) is 32.1 Å². The van der Waals surface area contributed by atoms with E-state index in [1.54, 1.807) is 7.05 Å². The van der Waals surface area contributed by atoms with Crippen molar-refractivity contribution in [1.82, 2.24) is 15.6 Å². The second-order valence-corrected chi connectivity index (χ2v) is 6.57. The highest BCUT2D eigenvalue weighted by Crippen LogP contribution is 2.22. The van der Waals surface area contributed by atoms with Crippen molar-refractivity contribution >= 4 is 22.7 Å². The number of aliphatic imine (C=N–C) groups is 1. The molecule has 1 heterocycles. The van der Waals surface area contributed by atoms with Gasteiger partial charge in [0.25, 0.3) is 0 Å². The van der Waals surface area contributed by atoms with E-state index in [9.17, 15) is 8.78 Å². The zero-order valence-electron chi connectivity index (χ0n) is 16.1. The van der Waals surface area contributed by atoms with Crippen LogP contribution in [0.3, 0.4) is 0 Å². The summed E-state index contributed by atoms with van der Waals surface area (Å²) >= 11 is 0. The average molecular weight is 383 g/mol. The molecule has 28 heavy (non-hydrogen) atoms. The lowest BCUT2D eigenvalue weighted by Gasteiger charge is -2.17. The van der Waals surface area contributed by atoms with E-state index >= 15 is 0 Å². The highest BCUT2D eigenvalue weighted by molar-refractivity contribution is 5.85. The van der Waals surface area contributed by atoms with E-state index in [0.29, 0.717) is 12.5 Å². The summed E-state index contributed by atoms with van der Waals surface area (Å²) in [4.78, 5) is 10.8. The minimum atomic E-state index is -0.472. The Bertz CT molecular complexity index is 1000. The third-order valence-electron chi connectivity index (χ3n) is 4.37. The largest absolute Gasteiger partial charge is 0.363 e. The maximum Gasteiger partial charge on any atom is 0.191 e. The van der Waals surface area contributed by atoms with Gasteiger partial charge in [0.1, 0.15) is 17.5 Å². The van der Waals surface area contributed by atoms with Crippen molar-refractivity contribution in [2.45, 2.75) is 13.1 Å². The van der Waals surface area contributed by atoms with Gasteiger partial charge in [-0.15, -0.1) is 0 Å². The van der Waals surface area contributed by atoms with Gasteiger partial charge in [-0.05, 0) is 35.9 Å². The van der Waals surface area contributed by atoms with Gasteiger partial charge in [-0.3, -0.25) is 4.99 Å². The highest BCUT2D eigenvalue weighted by Gasteiger charge is 2.09. The van der Waals surface area contributed by atoms with E-state index in [4.69, 9.17) is 0 Å². The first kappa shape index (κ1) is 19.5. The summed E-state index contributed by atoms with van der Waals surface area (Å²) in [6.07, 6.45) is 0. The molecule has 2 aromatic carbocycles. The van der Waals surface area contributed by atoms with Gasteiger partial charge in [-0.2, -0.15) is 0 Å². The van der Waals surface area contributed by atoms with Crippen LogP contribution in [0.5, 0.6) is 0 Å². The predicted molar refractivity (Wildman–Crippen MR) is 109 cm³/mol. The van der Waals surface area contributed by atoms with Crippen LogP contribution in [0.4, 0.5) is 14.6 Å². The summed E-state index contributed by atoms with van der Waals surface area (Å²) in [5.41, 5.74) is 2.22. The minimum Gasteiger partial charge on any atom is -0.363 e. The summed E-state index contributed by atoms with van der Waals surface area (Å²) in [5, 5.41) is 7.29. The second-order valence-electron chi connectivity index (χ2n) is 6.57. The Labute approximate surface area is 163 Å². The molecule has 0 fully saturated rings. The molecule has 0 amide bonds. The molecule has 0 atom stereocenters. The van der Waals surface area contributed by atoms with E-state index < -0.39 is 11.6 Å². The maximum absolute atomic E-state index is 13.8. The number of benzene rings is 2. The lowest BCUT2D eigenvalue weighted by Crippen LogP contribution is -2.36. The molecule has 7 heteroatoms. The van der Waals surface area contributed by atoms with Gasteiger partial charge >= 0.3 is 0 Å². The monoisotopic (exact) mass is 383 g/mol. The fourth-order valence-corrected chi connectivity index (χ4v) is 2.86. The molecule has 0 unspecified atom stereocenters. The number of nitrogens with zero attached hydrogens (tertiary/aromatic N) is 3. The number of fused-ring (bicyclic) bond motifs is 1. The van der Waals surface area contributed by atoms with Gasteiger partial charge in [0.15, 0.2) is 5.96 Å². The Morgan fingerprint density at radius 2 is 1.71 bits per heavy atom. The Kier molecular flexibility index (Phi) is 6.03. The number of guanidine groups is 1. The Morgan fingerprint density at radius 1 is 1.00 bits per heavy atom. The van der Waals surface area contributed by atoms with Gasteiger partial charge < -0.3 is 15.5 Å². The third-order valence-corrected chi connectivity index (χ3v) is 4.37. The Morgan fingerprint density at radius 3 is 2.43 bits per heavy atom. The first-order valence-corrected chi connectivity index (χ1v) is 8.92. The number of rotatable bonds is 5. The molecule has 0 aliphatic rings. The molecule has 5 nitrogen and oxygen atoms in total. The summed E-state index contributed by atoms with van der Waals surface area (Å²) in [6, 6.07) is 13.4. The van der Waals surface area contributed by atoms with E-state index in [2.05, 4.69) is 20.6 Å². The molecule has 0 aliphatic heterocycles. The van der Waals surface area contributed by atoms with E-state index in [0.717, 1.165) is 34.4 Å². The summed E-state index contributed by atoms with van der Waals surface area (Å²) in [6.45, 7) is 0.637. The van der Waals surface area contributed by atoms with Crippen molar-refractivity contribution in [2.75, 3.05) is 26.0 Å². The molecule has 3 rings (SSSR count). The van der Waals surface area contributed by atoms with Crippen molar-refractivity contribution < 1.29 is 8.78 Å². The fraction of sp³-hybridized carbons (Fsp3) is 0.238. The predicted octanol–water partition coefficient (Wildman–Crippen LogP) is 3.44. The number of hydrogen-bond acceptors (Lipinski definition) is 3. The van der Waals surface area contributed by atoms with Crippen molar-refractivity contribution in [3.63, 3.8) is 0 Å². The first-order chi connectivity index (χ1) is 13.5. The number of aromatic nitrogens is 1. The van der Waals surface area contributed by atoms with Crippen LogP contribution in [-0.2, 0) is 13.1 Å². The summed E-state index contributed by atoms with van der Waals surface area (Å²) < 4.78 is 27.1. The summed E-state index contributed by atoms with van der Waals surface area (Å²) in [7, 11) is 5.53. The van der Waals surface area contributed by atoms with Crippen LogP contribution in [0.15, 0.2) is 53.5 Å². The quantitative estimate of drug-likeness (QED) is 0.524. The topological polar surface area (TPSA) is 52.6 Å². The highest BCUT2D eigenvalue weighted by atomic mass is 19.1. The molecule has 0 saturated carbocycles. The van der Waals surface area contributed by atoms with Gasteiger partial charge in [-0.25, -0.2) is 13.8 Å². The molecule has 0 spiro atoms. The van der Waals surface area contributed by atoms with Gasteiger partial charge in [0.05, 0.1) is 5.52 Å². The van der Waals surface area contributed by atoms with Crippen molar-refractivity contribution in [2.24, 2.45) is 4.99 Å². The van der Waals surface area contributed by atoms with E-state index in [1.165, 1.54) is 6.07 Å². The van der Waals surface area contributed by atoms with Crippen LogP contribution >= 0.6 is 0 Å². The Hall–Kier alpha value is -3.22. The maximum atomic E-state index is 13.8. The van der Waals surface area contributed by atoms with Crippen molar-refractivity contribution in [3.8, 4) is 0 Å². The molecule has 0 saturated heterocycles. The second kappa shape index (κ2) is 8.65. The SMILES string of the molecule is CN=C(NCc1cc(F)ccc1F)NCc1cc(N(C)C)nc2ccccc12. The van der Waals surface area contributed by atoms with Crippen LogP contribution in [0.2, 0.25) is 0 Å². The molecule has 0 radical (unpaired) electrons. The molecular weight excluding hydrogens is 360 g/mol. The smallest absolute Gasteiger partial charge is 0.191 e. The number of pyridine rings is 1. The van der Waals surface area contributed by atoms with Crippen LogP contribution < -0.4 is 15.5 Å². The minimum absolute atomic E-state index is 0.128. The standard InChI is InChI=1S/C21H23F2N5/c1-24-21(26-13-15-10-16(22)8-9-18(15)23)25-12-14-11-20(28(2)3)27-19-7-5-4-6-17(14)19/h4-11H,12-13H2,1-3H3,(H2,24,25,26). The van der Waals surface area contributed by atoms with Crippen molar-refractivity contribution in [3.05, 3.63) is 71.3 Å². The molecule has 0 aliphatic carbocycles. The van der Waals surface area contributed by atoms with E-state index in [1.807, 2.05) is 49.3 Å². The average Bonchev–Trinajstić information content (AvgIpc) is 2.70. The normalized spacial score (nSPS) is 11.5. The number of halogens is 2. The van der Waals surface area contributed by atoms with Gasteiger partial charge in [-0.1, -0.05) is 18.2 Å². The first-order valence-electron chi connectivity index (χ1n) is 8.92. The van der Waals surface area contributed by atoms with Gasteiger partial charge in [0, 0.05) is 45.2 Å². The molecule has 3 aromatic rings. The fourth-order valence-electron chi connectivity index (χ4n) is 2.86. The van der Waals surface area contributed by atoms with Crippen LogP contribution in [0.25, 0.3) is 10.9 Å². The van der Waals surface area contributed by atoms with Gasteiger partial charge in [0.2, 0.25) is 0 Å². The third kappa shape index (κ3) is 4.54.